The third-order valence-corrected chi connectivity index (χ3v) is 5.51. The van der Waals surface area contributed by atoms with E-state index in [0.717, 1.165) is 31.8 Å². The maximum Gasteiger partial charge on any atom is 0.222 e. The van der Waals surface area contributed by atoms with Crippen molar-refractivity contribution in [2.24, 2.45) is 11.8 Å². The number of aromatic amines is 1. The molecule has 184 valence electrons. The fourth-order valence-electron chi connectivity index (χ4n) is 3.45. The maximum absolute atomic E-state index is 12.9. The van der Waals surface area contributed by atoms with Crippen LogP contribution >= 0.6 is 0 Å². The summed E-state index contributed by atoms with van der Waals surface area (Å²) in [5.41, 5.74) is 2.10. The number of aromatic nitrogens is 2. The number of halogens is 1. The first kappa shape index (κ1) is 27.1. The van der Waals surface area contributed by atoms with Crippen LogP contribution in [-0.4, -0.2) is 70.9 Å². The molecule has 0 atom stereocenters. The van der Waals surface area contributed by atoms with Crippen LogP contribution in [-0.2, 0) is 4.79 Å². The van der Waals surface area contributed by atoms with E-state index in [-0.39, 0.29) is 17.4 Å². The van der Waals surface area contributed by atoms with Crippen LogP contribution < -0.4 is 0 Å². The Morgan fingerprint density at radius 3 is 2.26 bits per heavy atom. The Balaban J connectivity index is 0.000000270. The lowest BCUT2D eigenvalue weighted by Crippen LogP contribution is -2.47. The molecular formula is C26H36FN5O2. The molecule has 0 unspecified atom stereocenters. The van der Waals surface area contributed by atoms with Gasteiger partial charge in [0.1, 0.15) is 11.6 Å². The molecule has 0 saturated carbocycles. The zero-order valence-electron chi connectivity index (χ0n) is 20.8. The second-order valence-corrected chi connectivity index (χ2v) is 9.26. The lowest BCUT2D eigenvalue weighted by molar-refractivity contribution is -0.133. The number of carbonyl (C=O) groups is 2. The number of nitrogens with one attached hydrogen (secondary N) is 2. The standard InChI is InChI=1S/C16H16FN3O.C10H20N2O/c1-10(2)14(16-19-8-13(9-21)20-16)7-15(18)11-3-5-12(17)6-4-11;1-9(2)8-10(13)12-6-4-11(3)5-7-12/h3-10,18H,1-2H3,(H,19,20);9H,4-8H2,1-3H3/b14-7-,18-15?;. The predicted octanol–water partition coefficient (Wildman–Crippen LogP) is 4.28. The molecule has 2 N–H and O–H groups in total. The van der Waals surface area contributed by atoms with Crippen molar-refractivity contribution in [3.05, 3.63) is 59.4 Å². The molecule has 0 spiro atoms. The van der Waals surface area contributed by atoms with Crippen molar-refractivity contribution in [3.63, 3.8) is 0 Å². The summed E-state index contributed by atoms with van der Waals surface area (Å²) in [5.74, 6) is 1.16. The average molecular weight is 470 g/mol. The number of H-pyrrole nitrogens is 1. The molecule has 0 radical (unpaired) electrons. The molecule has 1 amide bonds. The number of carbonyl (C=O) groups excluding carboxylic acids is 2. The van der Waals surface area contributed by atoms with E-state index in [2.05, 4.69) is 35.8 Å². The lowest BCUT2D eigenvalue weighted by Gasteiger charge is -2.32. The van der Waals surface area contributed by atoms with Crippen LogP contribution in [0.1, 0.15) is 56.0 Å². The highest BCUT2D eigenvalue weighted by atomic mass is 19.1. The first-order valence-electron chi connectivity index (χ1n) is 11.6. The van der Waals surface area contributed by atoms with E-state index in [1.165, 1.54) is 18.3 Å². The van der Waals surface area contributed by atoms with Crippen molar-refractivity contribution in [1.82, 2.24) is 19.8 Å². The molecule has 1 aliphatic heterocycles. The smallest absolute Gasteiger partial charge is 0.222 e. The minimum absolute atomic E-state index is 0.122. The topological polar surface area (TPSA) is 93.1 Å². The van der Waals surface area contributed by atoms with Crippen LogP contribution in [0.15, 0.2) is 36.5 Å². The van der Waals surface area contributed by atoms with Crippen molar-refractivity contribution < 1.29 is 14.0 Å². The van der Waals surface area contributed by atoms with Gasteiger partial charge in [-0.2, -0.15) is 0 Å². The van der Waals surface area contributed by atoms with Gasteiger partial charge in [-0.3, -0.25) is 9.59 Å². The predicted molar refractivity (Wildman–Crippen MR) is 134 cm³/mol. The van der Waals surface area contributed by atoms with Gasteiger partial charge in [0, 0.05) is 32.6 Å². The zero-order valence-corrected chi connectivity index (χ0v) is 20.8. The molecule has 1 aromatic carbocycles. The largest absolute Gasteiger partial charge is 0.340 e. The minimum atomic E-state index is -0.332. The van der Waals surface area contributed by atoms with Gasteiger partial charge < -0.3 is 20.2 Å². The normalized spacial score (nSPS) is 14.7. The monoisotopic (exact) mass is 469 g/mol. The number of nitrogens with zero attached hydrogens (tertiary/aromatic N) is 3. The number of imidazole rings is 1. The SMILES string of the molecule is CC(C)/C(=C/C(=N)c1ccc(F)cc1)c1ncc(C=O)[nH]1.CC(C)CC(=O)N1CCN(C)CC1. The summed E-state index contributed by atoms with van der Waals surface area (Å²) in [7, 11) is 2.10. The van der Waals surface area contributed by atoms with E-state index in [0.29, 0.717) is 41.6 Å². The Morgan fingerprint density at radius 2 is 1.76 bits per heavy atom. The van der Waals surface area contributed by atoms with Gasteiger partial charge in [0.25, 0.3) is 0 Å². The second-order valence-electron chi connectivity index (χ2n) is 9.26. The summed E-state index contributed by atoms with van der Waals surface area (Å²) in [6.07, 6.45) is 4.54. The van der Waals surface area contributed by atoms with Crippen LogP contribution in [0.3, 0.4) is 0 Å². The highest BCUT2D eigenvalue weighted by Crippen LogP contribution is 2.21. The van der Waals surface area contributed by atoms with E-state index in [1.807, 2.05) is 18.7 Å². The molecule has 2 aromatic rings. The first-order chi connectivity index (χ1) is 16.1. The molecule has 2 heterocycles. The van der Waals surface area contributed by atoms with Crippen LogP contribution in [0.5, 0.6) is 0 Å². The summed E-state index contributed by atoms with van der Waals surface area (Å²) in [4.78, 5) is 33.7. The summed E-state index contributed by atoms with van der Waals surface area (Å²) in [6, 6.07) is 5.77. The number of hydrogen-bond acceptors (Lipinski definition) is 5. The number of likely N-dealkylation sites (N-methyl/N-ethyl adjacent to an activating group) is 1. The third-order valence-electron chi connectivity index (χ3n) is 5.51. The number of piperazine rings is 1. The Labute approximate surface area is 201 Å². The highest BCUT2D eigenvalue weighted by Gasteiger charge is 2.19. The number of benzene rings is 1. The van der Waals surface area contributed by atoms with E-state index >= 15 is 0 Å². The Morgan fingerprint density at radius 1 is 1.15 bits per heavy atom. The fourth-order valence-corrected chi connectivity index (χ4v) is 3.45. The number of allylic oxidation sites excluding steroid dienone is 2. The highest BCUT2D eigenvalue weighted by molar-refractivity contribution is 6.10. The average Bonchev–Trinajstić information content (AvgIpc) is 3.27. The van der Waals surface area contributed by atoms with Crippen molar-refractivity contribution in [2.45, 2.75) is 34.1 Å². The second kappa shape index (κ2) is 12.9. The number of hydrogen-bond donors (Lipinski definition) is 2. The summed E-state index contributed by atoms with van der Waals surface area (Å²) >= 11 is 0. The fraction of sp³-hybridized carbons (Fsp3) is 0.462. The van der Waals surface area contributed by atoms with Gasteiger partial charge in [0.05, 0.1) is 17.6 Å². The minimum Gasteiger partial charge on any atom is -0.340 e. The van der Waals surface area contributed by atoms with Gasteiger partial charge in [0.2, 0.25) is 5.91 Å². The molecule has 8 heteroatoms. The Kier molecular flexibility index (Phi) is 10.3. The molecule has 0 aliphatic carbocycles. The quantitative estimate of drug-likeness (QED) is 0.468. The van der Waals surface area contributed by atoms with Gasteiger partial charge in [-0.25, -0.2) is 9.37 Å². The zero-order chi connectivity index (χ0) is 25.3. The van der Waals surface area contributed by atoms with Gasteiger partial charge in [-0.15, -0.1) is 0 Å². The molecule has 1 aliphatic rings. The van der Waals surface area contributed by atoms with E-state index < -0.39 is 0 Å². The molecule has 34 heavy (non-hydrogen) atoms. The Hall–Kier alpha value is -3.13. The van der Waals surface area contributed by atoms with Crippen LogP contribution in [0, 0.1) is 23.1 Å². The van der Waals surface area contributed by atoms with Crippen molar-refractivity contribution in [3.8, 4) is 0 Å². The first-order valence-corrected chi connectivity index (χ1v) is 11.6. The summed E-state index contributed by atoms with van der Waals surface area (Å²) in [6.45, 7) is 12.0. The van der Waals surface area contributed by atoms with E-state index in [4.69, 9.17) is 5.41 Å². The van der Waals surface area contributed by atoms with Gasteiger partial charge in [-0.1, -0.05) is 27.7 Å². The number of aldehydes is 1. The van der Waals surface area contributed by atoms with Crippen LogP contribution in [0.4, 0.5) is 4.39 Å². The molecule has 7 nitrogen and oxygen atoms in total. The number of amides is 1. The van der Waals surface area contributed by atoms with E-state index in [1.54, 1.807) is 18.2 Å². The molecular weight excluding hydrogens is 433 g/mol. The Bertz CT molecular complexity index is 987. The molecule has 0 bridgehead atoms. The molecule has 1 aromatic heterocycles. The van der Waals surface area contributed by atoms with Crippen molar-refractivity contribution >= 4 is 23.5 Å². The summed E-state index contributed by atoms with van der Waals surface area (Å²) < 4.78 is 12.9. The maximum atomic E-state index is 12.9. The molecule has 3 rings (SSSR count). The van der Waals surface area contributed by atoms with Crippen LogP contribution in [0.25, 0.3) is 5.57 Å². The van der Waals surface area contributed by atoms with Crippen molar-refractivity contribution in [2.75, 3.05) is 33.2 Å². The lowest BCUT2D eigenvalue weighted by atomic mass is 9.98. The van der Waals surface area contributed by atoms with Crippen LogP contribution in [0.2, 0.25) is 0 Å². The van der Waals surface area contributed by atoms with Crippen molar-refractivity contribution in [1.29, 1.82) is 5.41 Å². The van der Waals surface area contributed by atoms with E-state index in [9.17, 15) is 14.0 Å². The molecule has 1 fully saturated rings. The van der Waals surface area contributed by atoms with Gasteiger partial charge in [0.15, 0.2) is 6.29 Å². The van der Waals surface area contributed by atoms with Gasteiger partial charge >= 0.3 is 0 Å². The number of rotatable bonds is 7. The van der Waals surface area contributed by atoms with Gasteiger partial charge in [-0.05, 0) is 60.4 Å². The summed E-state index contributed by atoms with van der Waals surface area (Å²) in [5, 5.41) is 8.11. The third kappa shape index (κ3) is 8.33. The molecule has 1 saturated heterocycles.